The minimum atomic E-state index is 0.0655. The van der Waals surface area contributed by atoms with Crippen LogP contribution in [0.1, 0.15) is 40.4 Å². The van der Waals surface area contributed by atoms with Crippen LogP contribution < -0.4 is 9.47 Å². The molecule has 1 aliphatic rings. The van der Waals surface area contributed by atoms with E-state index in [-0.39, 0.29) is 17.5 Å². The number of ether oxygens (including phenoxy) is 2. The van der Waals surface area contributed by atoms with Gasteiger partial charge in [0.05, 0.1) is 26.5 Å². The molecule has 1 unspecified atom stereocenters. The maximum absolute atomic E-state index is 10.4. The normalized spacial score (nSPS) is 16.0. The van der Waals surface area contributed by atoms with E-state index in [0.29, 0.717) is 6.42 Å². The lowest BCUT2D eigenvalue weighted by Gasteiger charge is -2.38. The molecule has 0 saturated heterocycles. The van der Waals surface area contributed by atoms with E-state index in [4.69, 9.17) is 14.7 Å². The van der Waals surface area contributed by atoms with Gasteiger partial charge in [-0.25, -0.2) is 0 Å². The molecule has 0 saturated carbocycles. The van der Waals surface area contributed by atoms with Crippen molar-refractivity contribution in [3.05, 3.63) is 82.7 Å². The number of methoxy groups -OCH3 is 2. The number of benzene rings is 2. The van der Waals surface area contributed by atoms with Crippen LogP contribution in [0.2, 0.25) is 0 Å². The summed E-state index contributed by atoms with van der Waals surface area (Å²) in [5.41, 5.74) is 4.81. The second kappa shape index (κ2) is 10.4. The maximum Gasteiger partial charge on any atom is 0.161 e. The highest BCUT2D eigenvalue weighted by molar-refractivity contribution is 5.80. The lowest BCUT2D eigenvalue weighted by atomic mass is 9.87. The van der Waals surface area contributed by atoms with E-state index < -0.39 is 0 Å². The molecule has 0 aliphatic carbocycles. The van der Waals surface area contributed by atoms with E-state index in [2.05, 4.69) is 51.4 Å². The molecule has 172 valence electrons. The maximum atomic E-state index is 10.4. The second-order valence-electron chi connectivity index (χ2n) is 8.06. The Hall–Kier alpha value is -3.58. The number of fused-ring (bicyclic) bond motifs is 1. The van der Waals surface area contributed by atoms with E-state index >= 15 is 0 Å². The Kier molecular flexibility index (Phi) is 7.10. The van der Waals surface area contributed by atoms with Crippen LogP contribution in [0.4, 0.5) is 0 Å². The van der Waals surface area contributed by atoms with E-state index in [1.54, 1.807) is 26.5 Å². The third kappa shape index (κ3) is 4.78. The highest BCUT2D eigenvalue weighted by Gasteiger charge is 2.30. The number of pyridine rings is 1. The summed E-state index contributed by atoms with van der Waals surface area (Å²) in [5.74, 6) is 1.56. The van der Waals surface area contributed by atoms with Gasteiger partial charge in [-0.2, -0.15) is 0 Å². The number of aryl methyl sites for hydroxylation is 1. The van der Waals surface area contributed by atoms with Crippen molar-refractivity contribution in [2.24, 2.45) is 5.16 Å². The average Bonchev–Trinajstić information content (AvgIpc) is 2.85. The van der Waals surface area contributed by atoms with Crippen molar-refractivity contribution in [2.75, 3.05) is 27.3 Å². The van der Waals surface area contributed by atoms with Gasteiger partial charge < -0.3 is 19.8 Å². The van der Waals surface area contributed by atoms with Crippen molar-refractivity contribution in [1.82, 2.24) is 9.88 Å². The van der Waals surface area contributed by atoms with Crippen LogP contribution in [0, 0.1) is 0 Å². The summed E-state index contributed by atoms with van der Waals surface area (Å²) in [6, 6.07) is 16.6. The van der Waals surface area contributed by atoms with Crippen molar-refractivity contribution in [2.45, 2.75) is 25.3 Å². The number of hydrogen-bond donors (Lipinski definition) is 2. The van der Waals surface area contributed by atoms with Gasteiger partial charge in [0, 0.05) is 12.7 Å². The first kappa shape index (κ1) is 22.6. The lowest BCUT2D eigenvalue weighted by Crippen LogP contribution is -2.37. The zero-order valence-electron chi connectivity index (χ0n) is 18.9. The monoisotopic (exact) mass is 447 g/mol. The molecule has 1 aromatic heterocycles. The van der Waals surface area contributed by atoms with Crippen molar-refractivity contribution in [1.29, 1.82) is 0 Å². The molecule has 2 heterocycles. The molecule has 33 heavy (non-hydrogen) atoms. The molecular weight excluding hydrogens is 418 g/mol. The van der Waals surface area contributed by atoms with Gasteiger partial charge in [-0.3, -0.25) is 9.88 Å². The Labute approximate surface area is 193 Å². The predicted molar refractivity (Wildman–Crippen MR) is 127 cm³/mol. The summed E-state index contributed by atoms with van der Waals surface area (Å²) in [7, 11) is 3.33. The van der Waals surface area contributed by atoms with E-state index in [0.717, 1.165) is 49.2 Å². The molecule has 2 aromatic carbocycles. The molecule has 7 nitrogen and oxygen atoms in total. The molecule has 7 heteroatoms. The predicted octanol–water partition coefficient (Wildman–Crippen LogP) is 4.19. The van der Waals surface area contributed by atoms with Crippen LogP contribution in [0.3, 0.4) is 0 Å². The highest BCUT2D eigenvalue weighted by atomic mass is 16.5. The molecule has 0 bridgehead atoms. The highest BCUT2D eigenvalue weighted by Crippen LogP contribution is 2.41. The number of aromatic hydroxyl groups is 1. The summed E-state index contributed by atoms with van der Waals surface area (Å²) >= 11 is 0. The third-order valence-corrected chi connectivity index (χ3v) is 6.20. The first-order valence-corrected chi connectivity index (χ1v) is 11.0. The summed E-state index contributed by atoms with van der Waals surface area (Å²) in [4.78, 5) is 6.53. The minimum Gasteiger partial charge on any atom is -0.505 e. The fraction of sp³-hybridized carbons (Fsp3) is 0.308. The summed E-state index contributed by atoms with van der Waals surface area (Å²) in [6.07, 6.45) is 5.25. The fourth-order valence-electron chi connectivity index (χ4n) is 4.60. The molecule has 2 N–H and O–H groups in total. The largest absolute Gasteiger partial charge is 0.505 e. The summed E-state index contributed by atoms with van der Waals surface area (Å²) in [5, 5.41) is 22.2. The van der Waals surface area contributed by atoms with Crippen LogP contribution in [-0.2, 0) is 12.8 Å². The first-order valence-electron chi connectivity index (χ1n) is 11.0. The molecule has 1 aliphatic heterocycles. The van der Waals surface area contributed by atoms with Gasteiger partial charge in [0.2, 0.25) is 0 Å². The molecule has 1 atom stereocenters. The van der Waals surface area contributed by atoms with Crippen LogP contribution in [0.5, 0.6) is 17.2 Å². The number of aromatic nitrogens is 1. The molecule has 3 aromatic rings. The van der Waals surface area contributed by atoms with Gasteiger partial charge in [-0.1, -0.05) is 35.5 Å². The molecule has 4 rings (SSSR count). The standard InChI is InChI=1S/C26H29N3O4/c1-32-23-15-20-11-14-29(13-6-9-19-10-12-27-22(17-28-31)26(19)30)25(18-7-4-3-5-8-18)21(20)16-24(23)33-2/h3-5,7-8,10,12,15-17,25,30-31H,6,9,11,13-14H2,1-2H3/b28-17+. The van der Waals surface area contributed by atoms with Crippen LogP contribution >= 0.6 is 0 Å². The molecular formula is C26H29N3O4. The van der Waals surface area contributed by atoms with Crippen LogP contribution in [0.15, 0.2) is 59.9 Å². The van der Waals surface area contributed by atoms with Gasteiger partial charge in [0.15, 0.2) is 11.5 Å². The average molecular weight is 448 g/mol. The van der Waals surface area contributed by atoms with E-state index in [1.807, 2.05) is 6.07 Å². The molecule has 0 amide bonds. The Balaban J connectivity index is 1.59. The third-order valence-electron chi connectivity index (χ3n) is 6.20. The number of oxime groups is 1. The smallest absolute Gasteiger partial charge is 0.161 e. The Morgan fingerprint density at radius 2 is 1.88 bits per heavy atom. The Morgan fingerprint density at radius 1 is 1.12 bits per heavy atom. The van der Waals surface area contributed by atoms with Gasteiger partial charge in [0.25, 0.3) is 0 Å². The number of hydrogen-bond acceptors (Lipinski definition) is 7. The molecule has 0 spiro atoms. The topological polar surface area (TPSA) is 87.4 Å². The van der Waals surface area contributed by atoms with Gasteiger partial charge in [-0.15, -0.1) is 0 Å². The number of nitrogens with zero attached hydrogens (tertiary/aromatic N) is 3. The molecule has 0 radical (unpaired) electrons. The first-order chi connectivity index (χ1) is 16.2. The zero-order valence-corrected chi connectivity index (χ0v) is 18.9. The fourth-order valence-corrected chi connectivity index (χ4v) is 4.60. The SMILES string of the molecule is COc1cc2c(cc1OC)C(c1ccccc1)N(CCCc1ccnc(/C=N/O)c1O)CC2. The second-order valence-corrected chi connectivity index (χ2v) is 8.06. The van der Waals surface area contributed by atoms with E-state index in [9.17, 15) is 5.11 Å². The van der Waals surface area contributed by atoms with Crippen molar-refractivity contribution in [3.63, 3.8) is 0 Å². The van der Waals surface area contributed by atoms with Gasteiger partial charge in [-0.05, 0) is 66.3 Å². The Morgan fingerprint density at radius 3 is 2.61 bits per heavy atom. The van der Waals surface area contributed by atoms with Crippen molar-refractivity contribution < 1.29 is 19.8 Å². The van der Waals surface area contributed by atoms with Gasteiger partial charge in [0.1, 0.15) is 11.4 Å². The quantitative estimate of drug-likeness (QED) is 0.306. The van der Waals surface area contributed by atoms with Crippen molar-refractivity contribution in [3.8, 4) is 17.2 Å². The summed E-state index contributed by atoms with van der Waals surface area (Å²) in [6.45, 7) is 1.78. The van der Waals surface area contributed by atoms with Gasteiger partial charge >= 0.3 is 0 Å². The Bertz CT molecular complexity index is 1120. The van der Waals surface area contributed by atoms with Crippen LogP contribution in [0.25, 0.3) is 0 Å². The zero-order chi connectivity index (χ0) is 23.2. The van der Waals surface area contributed by atoms with Crippen LogP contribution in [-0.4, -0.2) is 53.7 Å². The summed E-state index contributed by atoms with van der Waals surface area (Å²) < 4.78 is 11.1. The van der Waals surface area contributed by atoms with E-state index in [1.165, 1.54) is 16.7 Å². The molecule has 0 fully saturated rings. The lowest BCUT2D eigenvalue weighted by molar-refractivity contribution is 0.209. The minimum absolute atomic E-state index is 0.0655. The van der Waals surface area contributed by atoms with Crippen molar-refractivity contribution >= 4 is 6.21 Å². The number of rotatable bonds is 8.